The zero-order valence-electron chi connectivity index (χ0n) is 16.9. The highest BCUT2D eigenvalue weighted by Gasteiger charge is 2.29. The molecular formula is C21H21F3N4O4. The van der Waals surface area contributed by atoms with Crippen LogP contribution in [0.15, 0.2) is 30.5 Å². The van der Waals surface area contributed by atoms with Crippen LogP contribution in [0.3, 0.4) is 0 Å². The number of nitrogens with one attached hydrogen (secondary N) is 2. The molecule has 0 saturated heterocycles. The highest BCUT2D eigenvalue weighted by atomic mass is 19.3. The molecule has 1 aliphatic heterocycles. The van der Waals surface area contributed by atoms with E-state index in [1.54, 1.807) is 18.2 Å². The molecule has 2 heterocycles. The van der Waals surface area contributed by atoms with Crippen LogP contribution in [-0.4, -0.2) is 47.1 Å². The number of carbonyl (C=O) groups excluding carboxylic acids is 1. The number of hydroxylamine groups is 1. The van der Waals surface area contributed by atoms with Gasteiger partial charge >= 0.3 is 6.43 Å². The number of nitrogens with zero attached hydrogens (tertiary/aromatic N) is 2. The van der Waals surface area contributed by atoms with E-state index in [4.69, 9.17) is 14.7 Å². The van der Waals surface area contributed by atoms with E-state index < -0.39 is 18.7 Å². The number of ether oxygens (including phenoxy) is 2. The van der Waals surface area contributed by atoms with Gasteiger partial charge in [-0.1, -0.05) is 18.2 Å². The minimum absolute atomic E-state index is 0.0450. The van der Waals surface area contributed by atoms with E-state index in [1.807, 2.05) is 0 Å². The summed E-state index contributed by atoms with van der Waals surface area (Å²) in [5.41, 5.74) is 3.21. The summed E-state index contributed by atoms with van der Waals surface area (Å²) in [5, 5.41) is 11.9. The zero-order chi connectivity index (χ0) is 22.7. The van der Waals surface area contributed by atoms with Crippen LogP contribution in [0.2, 0.25) is 0 Å². The normalized spacial score (nSPS) is 17.0. The number of para-hydroxylation sites is 1. The van der Waals surface area contributed by atoms with Gasteiger partial charge in [-0.3, -0.25) is 10.0 Å². The van der Waals surface area contributed by atoms with Gasteiger partial charge in [-0.05, 0) is 30.9 Å². The average Bonchev–Trinajstić information content (AvgIpc) is 3.66. The number of halogens is 3. The number of alkyl halides is 3. The second-order valence-corrected chi connectivity index (χ2v) is 7.37. The third kappa shape index (κ3) is 4.83. The van der Waals surface area contributed by atoms with Gasteiger partial charge in [0.2, 0.25) is 0 Å². The summed E-state index contributed by atoms with van der Waals surface area (Å²) in [4.78, 5) is 20.7. The van der Waals surface area contributed by atoms with E-state index in [0.717, 1.165) is 18.4 Å². The molecule has 2 aliphatic rings. The van der Waals surface area contributed by atoms with Crippen molar-refractivity contribution in [3.05, 3.63) is 47.4 Å². The molecule has 1 saturated carbocycles. The van der Waals surface area contributed by atoms with Crippen molar-refractivity contribution < 1.29 is 32.6 Å². The fraction of sp³-hybridized carbons (Fsp3) is 0.381. The molecule has 1 aromatic heterocycles. The molecule has 170 valence electrons. The lowest BCUT2D eigenvalue weighted by Crippen LogP contribution is -2.23. The third-order valence-corrected chi connectivity index (χ3v) is 5.11. The van der Waals surface area contributed by atoms with Gasteiger partial charge in [-0.2, -0.15) is 4.39 Å². The van der Waals surface area contributed by atoms with Crippen molar-refractivity contribution in [1.82, 2.24) is 15.4 Å². The Morgan fingerprint density at radius 3 is 2.75 bits per heavy atom. The van der Waals surface area contributed by atoms with Gasteiger partial charge in [0.1, 0.15) is 0 Å². The van der Waals surface area contributed by atoms with Crippen molar-refractivity contribution in [2.45, 2.75) is 38.0 Å². The predicted molar refractivity (Wildman–Crippen MR) is 108 cm³/mol. The highest BCUT2D eigenvalue weighted by molar-refractivity contribution is 5.97. The highest BCUT2D eigenvalue weighted by Crippen LogP contribution is 2.41. The number of rotatable bonds is 8. The van der Waals surface area contributed by atoms with E-state index in [0.29, 0.717) is 30.9 Å². The summed E-state index contributed by atoms with van der Waals surface area (Å²) in [6.07, 6.45) is -0.623. The van der Waals surface area contributed by atoms with Gasteiger partial charge in [-0.25, -0.2) is 24.2 Å². The molecular weight excluding hydrogens is 429 g/mol. The Hall–Kier alpha value is -3.18. The molecule has 2 aromatic rings. The van der Waals surface area contributed by atoms with Gasteiger partial charge < -0.3 is 14.8 Å². The number of carbonyl (C=O) groups is 1. The third-order valence-electron chi connectivity index (χ3n) is 5.11. The van der Waals surface area contributed by atoms with Crippen molar-refractivity contribution in [3.8, 4) is 5.75 Å². The number of benzene rings is 1. The maximum absolute atomic E-state index is 13.9. The van der Waals surface area contributed by atoms with Gasteiger partial charge in [0.05, 0.1) is 30.8 Å². The Bertz CT molecular complexity index is 1030. The Morgan fingerprint density at radius 2 is 2.09 bits per heavy atom. The standard InChI is InChI=1S/C21H21F3N4O4/c22-18(23)19(24)32-17-13(11-6-8-31-9-7-11)2-1-3-14(17)27-20-16(21(29)28-30)26-15(10-25-20)12-4-5-12/h1-3,6,10,12,18-19,30H,4-5,7-9H2,(H,25,27)(H,28,29). The first-order valence-corrected chi connectivity index (χ1v) is 10.1. The van der Waals surface area contributed by atoms with E-state index in [2.05, 4.69) is 15.3 Å². The van der Waals surface area contributed by atoms with Crippen molar-refractivity contribution in [3.63, 3.8) is 0 Å². The molecule has 32 heavy (non-hydrogen) atoms. The summed E-state index contributed by atoms with van der Waals surface area (Å²) < 4.78 is 50.1. The molecule has 1 unspecified atom stereocenters. The van der Waals surface area contributed by atoms with Crippen LogP contribution in [0.25, 0.3) is 5.57 Å². The average molecular weight is 450 g/mol. The van der Waals surface area contributed by atoms with Crippen molar-refractivity contribution in [1.29, 1.82) is 0 Å². The Balaban J connectivity index is 1.74. The van der Waals surface area contributed by atoms with Crippen molar-refractivity contribution in [2.75, 3.05) is 18.5 Å². The lowest BCUT2D eigenvalue weighted by atomic mass is 9.99. The Morgan fingerprint density at radius 1 is 1.28 bits per heavy atom. The monoisotopic (exact) mass is 450 g/mol. The Kier molecular flexibility index (Phi) is 6.56. The van der Waals surface area contributed by atoms with Crippen LogP contribution < -0.4 is 15.5 Å². The van der Waals surface area contributed by atoms with Gasteiger partial charge in [0.25, 0.3) is 12.3 Å². The van der Waals surface area contributed by atoms with E-state index in [9.17, 15) is 18.0 Å². The maximum Gasteiger partial charge on any atom is 0.304 e. The molecule has 1 fully saturated rings. The number of anilines is 2. The van der Waals surface area contributed by atoms with Crippen LogP contribution in [0, 0.1) is 0 Å². The zero-order valence-corrected chi connectivity index (χ0v) is 16.9. The second-order valence-electron chi connectivity index (χ2n) is 7.37. The van der Waals surface area contributed by atoms with Gasteiger partial charge in [0.15, 0.2) is 17.3 Å². The fourth-order valence-corrected chi connectivity index (χ4v) is 3.36. The maximum atomic E-state index is 13.9. The first-order valence-electron chi connectivity index (χ1n) is 10.1. The largest absolute Gasteiger partial charge is 0.452 e. The van der Waals surface area contributed by atoms with E-state index in [1.165, 1.54) is 17.7 Å². The smallest absolute Gasteiger partial charge is 0.304 e. The Labute approximate surface area is 181 Å². The molecule has 1 amide bonds. The van der Waals surface area contributed by atoms with Crippen LogP contribution in [-0.2, 0) is 4.74 Å². The molecule has 3 N–H and O–H groups in total. The number of amides is 1. The fourth-order valence-electron chi connectivity index (χ4n) is 3.36. The predicted octanol–water partition coefficient (Wildman–Crippen LogP) is 3.96. The topological polar surface area (TPSA) is 106 Å². The molecule has 1 aromatic carbocycles. The quantitative estimate of drug-likeness (QED) is 0.413. The van der Waals surface area contributed by atoms with E-state index in [-0.39, 0.29) is 28.9 Å². The molecule has 1 atom stereocenters. The molecule has 8 nitrogen and oxygen atoms in total. The van der Waals surface area contributed by atoms with Crippen molar-refractivity contribution >= 4 is 23.0 Å². The van der Waals surface area contributed by atoms with Gasteiger partial charge in [-0.15, -0.1) is 0 Å². The molecule has 11 heteroatoms. The SMILES string of the molecule is O=C(NO)c1nc(C2CC2)cnc1Nc1cccc(C2=CCOCC2)c1OC(F)C(F)F. The molecule has 0 radical (unpaired) electrons. The minimum atomic E-state index is -3.35. The lowest BCUT2D eigenvalue weighted by molar-refractivity contribution is -0.0666. The second kappa shape index (κ2) is 9.53. The summed E-state index contributed by atoms with van der Waals surface area (Å²) >= 11 is 0. The molecule has 4 rings (SSSR count). The summed E-state index contributed by atoms with van der Waals surface area (Å²) in [6, 6.07) is 4.74. The van der Waals surface area contributed by atoms with Gasteiger partial charge in [0, 0.05) is 11.5 Å². The summed E-state index contributed by atoms with van der Waals surface area (Å²) in [6.45, 7) is 0.751. The molecule has 1 aliphatic carbocycles. The van der Waals surface area contributed by atoms with Crippen LogP contribution in [0.4, 0.5) is 24.7 Å². The van der Waals surface area contributed by atoms with Crippen LogP contribution in [0.5, 0.6) is 5.75 Å². The lowest BCUT2D eigenvalue weighted by Gasteiger charge is -2.22. The van der Waals surface area contributed by atoms with E-state index >= 15 is 0 Å². The summed E-state index contributed by atoms with van der Waals surface area (Å²) in [7, 11) is 0. The van der Waals surface area contributed by atoms with Crippen LogP contribution >= 0.6 is 0 Å². The summed E-state index contributed by atoms with van der Waals surface area (Å²) in [5.74, 6) is -0.903. The first-order chi connectivity index (χ1) is 15.5. The minimum Gasteiger partial charge on any atom is -0.452 e. The van der Waals surface area contributed by atoms with Crippen LogP contribution in [0.1, 0.15) is 46.9 Å². The first kappa shape index (κ1) is 22.0. The van der Waals surface area contributed by atoms with Crippen molar-refractivity contribution in [2.24, 2.45) is 0 Å². The number of hydrogen-bond acceptors (Lipinski definition) is 7. The molecule has 0 spiro atoms. The molecule has 0 bridgehead atoms. The number of hydrogen-bond donors (Lipinski definition) is 3. The number of aromatic nitrogens is 2.